The molecule has 0 saturated heterocycles. The van der Waals surface area contributed by atoms with Gasteiger partial charge in [-0.1, -0.05) is 44.2 Å². The van der Waals surface area contributed by atoms with E-state index in [9.17, 15) is 4.79 Å². The maximum absolute atomic E-state index is 12.2. The quantitative estimate of drug-likeness (QED) is 0.806. The lowest BCUT2D eigenvalue weighted by Crippen LogP contribution is -2.24. The van der Waals surface area contributed by atoms with E-state index >= 15 is 0 Å². The minimum atomic E-state index is 0. The van der Waals surface area contributed by atoms with Crippen LogP contribution >= 0.6 is 12.4 Å². The second-order valence-electron chi connectivity index (χ2n) is 5.12. The third-order valence-electron chi connectivity index (χ3n) is 3.69. The van der Waals surface area contributed by atoms with E-state index in [1.165, 1.54) is 32.1 Å². The lowest BCUT2D eigenvalue weighted by molar-refractivity contribution is -0.120. The molecule has 1 fully saturated rings. The van der Waals surface area contributed by atoms with Crippen LogP contribution in [-0.4, -0.2) is 5.91 Å². The summed E-state index contributed by atoms with van der Waals surface area (Å²) in [6, 6.07) is 7.44. The Kier molecular flexibility index (Phi) is 6.71. The van der Waals surface area contributed by atoms with Crippen LogP contribution in [0.25, 0.3) is 0 Å². The zero-order valence-corrected chi connectivity index (χ0v) is 12.0. The molecule has 1 aliphatic carbocycles. The number of benzene rings is 1. The smallest absolute Gasteiger partial charge is 0.227 e. The van der Waals surface area contributed by atoms with E-state index in [0.29, 0.717) is 5.69 Å². The van der Waals surface area contributed by atoms with Crippen molar-refractivity contribution in [1.29, 1.82) is 0 Å². The Morgan fingerprint density at radius 3 is 2.26 bits per heavy atom. The van der Waals surface area contributed by atoms with Crippen LogP contribution in [0.5, 0.6) is 0 Å². The molecule has 0 aromatic heterocycles. The van der Waals surface area contributed by atoms with Crippen LogP contribution in [0.1, 0.15) is 44.9 Å². The van der Waals surface area contributed by atoms with Crippen LogP contribution in [-0.2, 0) is 4.79 Å². The Balaban J connectivity index is 0.00000180. The number of para-hydroxylation sites is 2. The van der Waals surface area contributed by atoms with Crippen molar-refractivity contribution in [2.45, 2.75) is 44.9 Å². The van der Waals surface area contributed by atoms with Crippen molar-refractivity contribution in [3.8, 4) is 0 Å². The first kappa shape index (κ1) is 15.8. The second-order valence-corrected chi connectivity index (χ2v) is 5.12. The molecule has 0 unspecified atom stereocenters. The molecule has 0 radical (unpaired) electrons. The number of nitrogen functional groups attached to an aromatic ring is 1. The summed E-state index contributed by atoms with van der Waals surface area (Å²) < 4.78 is 0. The predicted molar refractivity (Wildman–Crippen MR) is 82.5 cm³/mol. The van der Waals surface area contributed by atoms with Crippen LogP contribution in [0.15, 0.2) is 24.3 Å². The molecule has 1 amide bonds. The molecule has 19 heavy (non-hydrogen) atoms. The van der Waals surface area contributed by atoms with E-state index in [4.69, 9.17) is 5.73 Å². The summed E-state index contributed by atoms with van der Waals surface area (Å²) in [5, 5.41) is 2.96. The van der Waals surface area contributed by atoms with E-state index < -0.39 is 0 Å². The molecule has 0 spiro atoms. The fraction of sp³-hybridized carbons (Fsp3) is 0.533. The molecular weight excluding hydrogens is 260 g/mol. The molecule has 0 atom stereocenters. The van der Waals surface area contributed by atoms with E-state index in [2.05, 4.69) is 5.32 Å². The topological polar surface area (TPSA) is 55.1 Å². The fourth-order valence-electron chi connectivity index (χ4n) is 2.56. The summed E-state index contributed by atoms with van der Waals surface area (Å²) in [6.45, 7) is 0. The SMILES string of the molecule is Cl.Nc1ccccc1NC(=O)C1CCCCCCC1. The molecule has 1 aromatic rings. The van der Waals surface area contributed by atoms with Crippen molar-refractivity contribution < 1.29 is 4.79 Å². The largest absolute Gasteiger partial charge is 0.397 e. The van der Waals surface area contributed by atoms with Gasteiger partial charge in [0.15, 0.2) is 0 Å². The van der Waals surface area contributed by atoms with Gasteiger partial charge < -0.3 is 11.1 Å². The number of rotatable bonds is 2. The molecular formula is C15H23ClN2O. The zero-order chi connectivity index (χ0) is 12.8. The highest BCUT2D eigenvalue weighted by atomic mass is 35.5. The van der Waals surface area contributed by atoms with Crippen LogP contribution in [0, 0.1) is 5.92 Å². The summed E-state index contributed by atoms with van der Waals surface area (Å²) in [5.74, 6) is 0.291. The van der Waals surface area contributed by atoms with E-state index in [1.807, 2.05) is 24.3 Å². The summed E-state index contributed by atoms with van der Waals surface area (Å²) in [4.78, 5) is 12.2. The first-order valence-electron chi connectivity index (χ1n) is 6.93. The number of nitrogens with two attached hydrogens (primary N) is 1. The van der Waals surface area contributed by atoms with Gasteiger partial charge in [-0.15, -0.1) is 12.4 Å². The van der Waals surface area contributed by atoms with E-state index in [0.717, 1.165) is 18.5 Å². The van der Waals surface area contributed by atoms with Crippen molar-refractivity contribution in [2.75, 3.05) is 11.1 Å². The summed E-state index contributed by atoms with van der Waals surface area (Å²) in [6.07, 6.45) is 8.20. The van der Waals surface area contributed by atoms with Crippen LogP contribution in [0.2, 0.25) is 0 Å². The molecule has 1 saturated carbocycles. The summed E-state index contributed by atoms with van der Waals surface area (Å²) in [5.41, 5.74) is 7.22. The number of nitrogens with one attached hydrogen (secondary N) is 1. The monoisotopic (exact) mass is 282 g/mol. The lowest BCUT2D eigenvalue weighted by atomic mass is 9.90. The van der Waals surface area contributed by atoms with Gasteiger partial charge in [-0.2, -0.15) is 0 Å². The van der Waals surface area contributed by atoms with E-state index in [-0.39, 0.29) is 24.2 Å². The number of hydrogen-bond acceptors (Lipinski definition) is 2. The van der Waals surface area contributed by atoms with E-state index in [1.54, 1.807) is 0 Å². The molecule has 0 bridgehead atoms. The van der Waals surface area contributed by atoms with Crippen molar-refractivity contribution >= 4 is 29.7 Å². The van der Waals surface area contributed by atoms with Gasteiger partial charge in [-0.3, -0.25) is 4.79 Å². The highest BCUT2D eigenvalue weighted by Gasteiger charge is 2.19. The van der Waals surface area contributed by atoms with Gasteiger partial charge in [0.05, 0.1) is 11.4 Å². The fourth-order valence-corrected chi connectivity index (χ4v) is 2.56. The Labute approximate surface area is 121 Å². The second kappa shape index (κ2) is 8.05. The molecule has 4 heteroatoms. The van der Waals surface area contributed by atoms with Crippen molar-refractivity contribution in [2.24, 2.45) is 5.92 Å². The maximum atomic E-state index is 12.2. The van der Waals surface area contributed by atoms with Gasteiger partial charge in [-0.05, 0) is 25.0 Å². The first-order valence-corrected chi connectivity index (χ1v) is 6.93. The van der Waals surface area contributed by atoms with Gasteiger partial charge in [0.2, 0.25) is 5.91 Å². The molecule has 1 aromatic carbocycles. The van der Waals surface area contributed by atoms with Crippen molar-refractivity contribution in [3.05, 3.63) is 24.3 Å². The number of hydrogen-bond donors (Lipinski definition) is 2. The third kappa shape index (κ3) is 4.75. The normalized spacial score (nSPS) is 16.8. The molecule has 3 nitrogen and oxygen atoms in total. The number of halogens is 1. The summed E-state index contributed by atoms with van der Waals surface area (Å²) in [7, 11) is 0. The highest BCUT2D eigenvalue weighted by Crippen LogP contribution is 2.25. The Morgan fingerprint density at radius 1 is 1.05 bits per heavy atom. The van der Waals surface area contributed by atoms with Crippen LogP contribution in [0.4, 0.5) is 11.4 Å². The minimum absolute atomic E-state index is 0. The Bertz CT molecular complexity index is 401. The zero-order valence-electron chi connectivity index (χ0n) is 11.2. The third-order valence-corrected chi connectivity index (χ3v) is 3.69. The first-order chi connectivity index (χ1) is 8.77. The van der Waals surface area contributed by atoms with Gasteiger partial charge in [0, 0.05) is 5.92 Å². The number of carbonyl (C=O) groups is 1. The maximum Gasteiger partial charge on any atom is 0.227 e. The Morgan fingerprint density at radius 2 is 1.63 bits per heavy atom. The van der Waals surface area contributed by atoms with Gasteiger partial charge in [-0.25, -0.2) is 0 Å². The molecule has 0 aliphatic heterocycles. The van der Waals surface area contributed by atoms with Crippen LogP contribution in [0.3, 0.4) is 0 Å². The summed E-state index contributed by atoms with van der Waals surface area (Å²) >= 11 is 0. The predicted octanol–water partition coefficient (Wildman–Crippen LogP) is 3.99. The molecule has 106 valence electrons. The molecule has 2 rings (SSSR count). The molecule has 0 heterocycles. The van der Waals surface area contributed by atoms with Crippen molar-refractivity contribution in [3.63, 3.8) is 0 Å². The standard InChI is InChI=1S/C15H22N2O.ClH/c16-13-10-6-7-11-14(13)17-15(18)12-8-4-2-1-3-5-9-12;/h6-7,10-12H,1-5,8-9,16H2,(H,17,18);1H. The van der Waals surface area contributed by atoms with Gasteiger partial charge in [0.25, 0.3) is 0 Å². The van der Waals surface area contributed by atoms with Crippen LogP contribution < -0.4 is 11.1 Å². The van der Waals surface area contributed by atoms with Gasteiger partial charge >= 0.3 is 0 Å². The number of carbonyl (C=O) groups excluding carboxylic acids is 1. The minimum Gasteiger partial charge on any atom is -0.397 e. The average Bonchev–Trinajstić information content (AvgIpc) is 2.31. The lowest BCUT2D eigenvalue weighted by Gasteiger charge is -2.19. The average molecular weight is 283 g/mol. The number of amides is 1. The highest BCUT2D eigenvalue weighted by molar-refractivity contribution is 5.95. The number of anilines is 2. The van der Waals surface area contributed by atoms with Crippen molar-refractivity contribution in [1.82, 2.24) is 0 Å². The Hall–Kier alpha value is -1.22. The molecule has 1 aliphatic rings. The van der Waals surface area contributed by atoms with Gasteiger partial charge in [0.1, 0.15) is 0 Å². The molecule has 3 N–H and O–H groups in total.